The summed E-state index contributed by atoms with van der Waals surface area (Å²) in [7, 11) is 1.67. The molecule has 1 aromatic carbocycles. The number of aliphatic hydroxyl groups excluding tert-OH is 1. The molecule has 102 valence electrons. The number of benzene rings is 1. The molecule has 4 nitrogen and oxygen atoms in total. The Bertz CT molecular complexity index is 529. The number of nitrogens with zero attached hydrogens (tertiary/aromatic N) is 1. The molecule has 0 aliphatic heterocycles. The van der Waals surface area contributed by atoms with Crippen LogP contribution in [0.2, 0.25) is 0 Å². The molecule has 0 atom stereocenters. The molecule has 1 heterocycles. The highest BCUT2D eigenvalue weighted by atomic mass is 16.5. The van der Waals surface area contributed by atoms with Gasteiger partial charge in [0.25, 0.3) is 0 Å². The average molecular weight is 260 g/mol. The Balaban J connectivity index is 2.08. The van der Waals surface area contributed by atoms with E-state index in [4.69, 9.17) is 9.84 Å². The van der Waals surface area contributed by atoms with Crippen molar-refractivity contribution in [3.8, 4) is 5.75 Å². The molecule has 0 spiro atoms. The van der Waals surface area contributed by atoms with Gasteiger partial charge in [-0.2, -0.15) is 0 Å². The topological polar surface area (TPSA) is 54.4 Å². The minimum Gasteiger partial charge on any atom is -0.497 e. The maximum Gasteiger partial charge on any atom is 0.133 e. The van der Waals surface area contributed by atoms with Crippen LogP contribution >= 0.6 is 0 Å². The Hall–Kier alpha value is -1.81. The molecule has 0 fully saturated rings. The smallest absolute Gasteiger partial charge is 0.133 e. The largest absolute Gasteiger partial charge is 0.497 e. The van der Waals surface area contributed by atoms with Gasteiger partial charge < -0.3 is 15.2 Å². The van der Waals surface area contributed by atoms with Crippen LogP contribution in [-0.2, 0) is 0 Å². The second-order valence-corrected chi connectivity index (χ2v) is 4.46. The fraction of sp³-hybridized carbons (Fsp3) is 0.400. The van der Waals surface area contributed by atoms with Gasteiger partial charge in [0.05, 0.1) is 7.11 Å². The van der Waals surface area contributed by atoms with Crippen molar-refractivity contribution < 1.29 is 9.84 Å². The molecule has 0 aliphatic carbocycles. The van der Waals surface area contributed by atoms with Crippen molar-refractivity contribution in [2.45, 2.75) is 19.3 Å². The molecule has 0 bridgehead atoms. The number of nitrogens with one attached hydrogen (secondary N) is 1. The molecule has 0 amide bonds. The van der Waals surface area contributed by atoms with Crippen molar-refractivity contribution in [1.29, 1.82) is 0 Å². The summed E-state index contributed by atoms with van der Waals surface area (Å²) in [4.78, 5) is 4.38. The monoisotopic (exact) mass is 260 g/mol. The Morgan fingerprint density at radius 3 is 2.89 bits per heavy atom. The number of methoxy groups -OCH3 is 1. The highest BCUT2D eigenvalue weighted by Crippen LogP contribution is 2.25. The van der Waals surface area contributed by atoms with Crippen LogP contribution in [0.4, 0.5) is 5.82 Å². The molecule has 0 saturated carbocycles. The first-order valence-corrected chi connectivity index (χ1v) is 6.62. The normalized spacial score (nSPS) is 10.6. The van der Waals surface area contributed by atoms with Gasteiger partial charge in [0.1, 0.15) is 11.6 Å². The summed E-state index contributed by atoms with van der Waals surface area (Å²) in [6.45, 7) is 1.13. The number of fused-ring (bicyclic) bond motifs is 1. The number of pyridine rings is 1. The Labute approximate surface area is 113 Å². The molecule has 0 saturated heterocycles. The second-order valence-electron chi connectivity index (χ2n) is 4.46. The third-order valence-electron chi connectivity index (χ3n) is 3.10. The van der Waals surface area contributed by atoms with Gasteiger partial charge in [-0.25, -0.2) is 4.98 Å². The van der Waals surface area contributed by atoms with Gasteiger partial charge in [-0.05, 0) is 42.8 Å². The fourth-order valence-electron chi connectivity index (χ4n) is 2.04. The molecular formula is C15H20N2O2. The lowest BCUT2D eigenvalue weighted by Crippen LogP contribution is -2.04. The van der Waals surface area contributed by atoms with Gasteiger partial charge >= 0.3 is 0 Å². The number of aromatic nitrogens is 1. The lowest BCUT2D eigenvalue weighted by Gasteiger charge is -2.09. The van der Waals surface area contributed by atoms with Crippen LogP contribution in [0.1, 0.15) is 19.3 Å². The van der Waals surface area contributed by atoms with Gasteiger partial charge in [-0.15, -0.1) is 0 Å². The first-order valence-electron chi connectivity index (χ1n) is 6.62. The average Bonchev–Trinajstić information content (AvgIpc) is 2.46. The van der Waals surface area contributed by atoms with E-state index < -0.39 is 0 Å². The van der Waals surface area contributed by atoms with Crippen molar-refractivity contribution in [2.24, 2.45) is 0 Å². The van der Waals surface area contributed by atoms with Crippen LogP contribution in [-0.4, -0.2) is 30.4 Å². The van der Waals surface area contributed by atoms with E-state index in [0.717, 1.165) is 48.1 Å². The van der Waals surface area contributed by atoms with Gasteiger partial charge in [0.2, 0.25) is 0 Å². The van der Waals surface area contributed by atoms with Crippen LogP contribution in [0.5, 0.6) is 5.75 Å². The zero-order valence-corrected chi connectivity index (χ0v) is 11.2. The number of ether oxygens (including phenoxy) is 1. The van der Waals surface area contributed by atoms with E-state index in [1.807, 2.05) is 30.5 Å². The summed E-state index contributed by atoms with van der Waals surface area (Å²) < 4.78 is 5.25. The van der Waals surface area contributed by atoms with Crippen LogP contribution in [0.15, 0.2) is 30.5 Å². The number of anilines is 1. The standard InChI is InChI=1S/C15H20N2O2/c1-19-13-6-5-12-7-9-17-15(14(12)11-13)16-8-3-2-4-10-18/h5-7,9,11,18H,2-4,8,10H2,1H3,(H,16,17). The van der Waals surface area contributed by atoms with E-state index >= 15 is 0 Å². The maximum atomic E-state index is 8.73. The Morgan fingerprint density at radius 1 is 1.21 bits per heavy atom. The number of rotatable bonds is 7. The lowest BCUT2D eigenvalue weighted by molar-refractivity contribution is 0.283. The highest BCUT2D eigenvalue weighted by molar-refractivity contribution is 5.92. The van der Waals surface area contributed by atoms with E-state index in [-0.39, 0.29) is 6.61 Å². The molecule has 1 aromatic heterocycles. The summed E-state index contributed by atoms with van der Waals surface area (Å²) in [6, 6.07) is 7.98. The minimum absolute atomic E-state index is 0.268. The maximum absolute atomic E-state index is 8.73. The first-order chi connectivity index (χ1) is 9.35. The predicted octanol–water partition coefficient (Wildman–Crippen LogP) is 2.82. The summed E-state index contributed by atoms with van der Waals surface area (Å²) >= 11 is 0. The summed E-state index contributed by atoms with van der Waals surface area (Å²) in [5.74, 6) is 1.73. The molecule has 4 heteroatoms. The number of unbranched alkanes of at least 4 members (excludes halogenated alkanes) is 2. The molecule has 0 radical (unpaired) electrons. The number of aliphatic hydroxyl groups is 1. The van der Waals surface area contributed by atoms with Crippen molar-refractivity contribution >= 4 is 16.6 Å². The first kappa shape index (κ1) is 13.6. The van der Waals surface area contributed by atoms with E-state index in [1.54, 1.807) is 7.11 Å². The van der Waals surface area contributed by atoms with Gasteiger partial charge in [-0.3, -0.25) is 0 Å². The van der Waals surface area contributed by atoms with E-state index in [2.05, 4.69) is 10.3 Å². The highest BCUT2D eigenvalue weighted by Gasteiger charge is 2.03. The molecule has 2 aromatic rings. The van der Waals surface area contributed by atoms with Crippen LogP contribution in [0.25, 0.3) is 10.8 Å². The zero-order chi connectivity index (χ0) is 13.5. The molecule has 2 rings (SSSR count). The van der Waals surface area contributed by atoms with Gasteiger partial charge in [0.15, 0.2) is 0 Å². The van der Waals surface area contributed by atoms with E-state index in [9.17, 15) is 0 Å². The number of hydrogen-bond donors (Lipinski definition) is 2. The lowest BCUT2D eigenvalue weighted by atomic mass is 10.1. The van der Waals surface area contributed by atoms with Crippen molar-refractivity contribution in [3.05, 3.63) is 30.5 Å². The molecule has 0 unspecified atom stereocenters. The Morgan fingerprint density at radius 2 is 2.11 bits per heavy atom. The molecular weight excluding hydrogens is 240 g/mol. The Kier molecular flexibility index (Phi) is 4.98. The number of hydrogen-bond acceptors (Lipinski definition) is 4. The predicted molar refractivity (Wildman–Crippen MR) is 77.7 cm³/mol. The molecule has 2 N–H and O–H groups in total. The summed E-state index contributed by atoms with van der Waals surface area (Å²) in [6.07, 6.45) is 4.73. The van der Waals surface area contributed by atoms with Gasteiger partial charge in [-0.1, -0.05) is 6.07 Å². The van der Waals surface area contributed by atoms with Crippen LogP contribution in [0, 0.1) is 0 Å². The quantitative estimate of drug-likeness (QED) is 0.752. The van der Waals surface area contributed by atoms with E-state index in [1.165, 1.54) is 0 Å². The molecule has 19 heavy (non-hydrogen) atoms. The molecule has 0 aliphatic rings. The van der Waals surface area contributed by atoms with Crippen LogP contribution < -0.4 is 10.1 Å². The fourth-order valence-corrected chi connectivity index (χ4v) is 2.04. The third-order valence-corrected chi connectivity index (χ3v) is 3.10. The summed E-state index contributed by atoms with van der Waals surface area (Å²) in [5, 5.41) is 14.3. The third kappa shape index (κ3) is 3.58. The minimum atomic E-state index is 0.268. The van der Waals surface area contributed by atoms with Crippen molar-refractivity contribution in [1.82, 2.24) is 4.98 Å². The summed E-state index contributed by atoms with van der Waals surface area (Å²) in [5.41, 5.74) is 0. The zero-order valence-electron chi connectivity index (χ0n) is 11.2. The second kappa shape index (κ2) is 6.95. The van der Waals surface area contributed by atoms with Crippen molar-refractivity contribution in [3.63, 3.8) is 0 Å². The van der Waals surface area contributed by atoms with E-state index in [0.29, 0.717) is 0 Å². The van der Waals surface area contributed by atoms with Crippen molar-refractivity contribution in [2.75, 3.05) is 25.6 Å². The van der Waals surface area contributed by atoms with Crippen LogP contribution in [0.3, 0.4) is 0 Å². The van der Waals surface area contributed by atoms with Gasteiger partial charge in [0, 0.05) is 24.7 Å². The SMILES string of the molecule is COc1ccc2ccnc(NCCCCCO)c2c1.